The first-order chi connectivity index (χ1) is 9.78. The highest BCUT2D eigenvalue weighted by Crippen LogP contribution is 2.28. The number of aliphatic hydroxyl groups is 2. The van der Waals surface area contributed by atoms with Crippen LogP contribution in [-0.2, 0) is 4.74 Å². The van der Waals surface area contributed by atoms with Crippen molar-refractivity contribution in [3.8, 4) is 0 Å². The Morgan fingerprint density at radius 3 is 2.80 bits per heavy atom. The number of hydrogen-bond acceptors (Lipinski definition) is 5. The van der Waals surface area contributed by atoms with Gasteiger partial charge in [0.25, 0.3) is 0 Å². The Kier molecular flexibility index (Phi) is 3.77. The predicted octanol–water partition coefficient (Wildman–Crippen LogP) is 1.03. The summed E-state index contributed by atoms with van der Waals surface area (Å²) in [4.78, 5) is 4.15. The third kappa shape index (κ3) is 2.58. The van der Waals surface area contributed by atoms with Crippen molar-refractivity contribution in [2.24, 2.45) is 0 Å². The van der Waals surface area contributed by atoms with Gasteiger partial charge < -0.3 is 14.9 Å². The number of aromatic nitrogens is 3. The molecular weight excluding hydrogens is 258 g/mol. The molecule has 2 heterocycles. The molecule has 1 aromatic carbocycles. The fourth-order valence-electron chi connectivity index (χ4n) is 2.35. The van der Waals surface area contributed by atoms with E-state index >= 15 is 0 Å². The Morgan fingerprint density at radius 2 is 2.10 bits per heavy atom. The molecule has 3 atom stereocenters. The Morgan fingerprint density at radius 1 is 1.30 bits per heavy atom. The molecule has 0 saturated carbocycles. The van der Waals surface area contributed by atoms with Crippen LogP contribution in [0.15, 0.2) is 36.7 Å². The summed E-state index contributed by atoms with van der Waals surface area (Å²) >= 11 is 0. The van der Waals surface area contributed by atoms with Crippen molar-refractivity contribution < 1.29 is 14.9 Å². The molecule has 1 saturated heterocycles. The third-order valence-electron chi connectivity index (χ3n) is 3.47. The van der Waals surface area contributed by atoms with E-state index in [4.69, 9.17) is 9.84 Å². The molecule has 1 aliphatic rings. The molecule has 0 bridgehead atoms. The minimum Gasteiger partial charge on any atom is -0.394 e. The predicted molar refractivity (Wildman–Crippen MR) is 70.8 cm³/mol. The number of hydrogen-bond donors (Lipinski definition) is 2. The summed E-state index contributed by atoms with van der Waals surface area (Å²) in [6.45, 7) is 0.0185. The summed E-state index contributed by atoms with van der Waals surface area (Å²) < 4.78 is 7.23. The van der Waals surface area contributed by atoms with Crippen LogP contribution in [0.4, 0.5) is 0 Å². The second kappa shape index (κ2) is 5.70. The molecule has 1 aromatic heterocycles. The molecule has 1 fully saturated rings. The lowest BCUT2D eigenvalue weighted by atomic mass is 10.1. The van der Waals surface area contributed by atoms with Gasteiger partial charge in [-0.05, 0) is 18.4 Å². The Balaban J connectivity index is 1.74. The van der Waals surface area contributed by atoms with Gasteiger partial charge >= 0.3 is 0 Å². The van der Waals surface area contributed by atoms with E-state index in [0.29, 0.717) is 5.82 Å². The van der Waals surface area contributed by atoms with E-state index in [0.717, 1.165) is 18.4 Å². The van der Waals surface area contributed by atoms with E-state index in [1.54, 1.807) is 11.0 Å². The topological polar surface area (TPSA) is 80.4 Å². The van der Waals surface area contributed by atoms with Crippen LogP contribution in [0.3, 0.4) is 0 Å². The average Bonchev–Trinajstić information content (AvgIpc) is 3.16. The van der Waals surface area contributed by atoms with Gasteiger partial charge in [-0.25, -0.2) is 9.67 Å². The summed E-state index contributed by atoms with van der Waals surface area (Å²) in [5.41, 5.74) is 0.755. The van der Waals surface area contributed by atoms with Gasteiger partial charge in [0, 0.05) is 0 Å². The zero-order chi connectivity index (χ0) is 13.9. The second-order valence-corrected chi connectivity index (χ2v) is 4.87. The molecule has 1 aliphatic heterocycles. The van der Waals surface area contributed by atoms with Gasteiger partial charge in [0.1, 0.15) is 12.4 Å². The highest BCUT2D eigenvalue weighted by atomic mass is 16.5. The first-order valence-electron chi connectivity index (χ1n) is 6.68. The SMILES string of the molecule is OCC1CCC(n2cnc(C(O)c3ccccc3)n2)O1. The highest BCUT2D eigenvalue weighted by Gasteiger charge is 2.27. The molecule has 0 aliphatic carbocycles. The van der Waals surface area contributed by atoms with E-state index in [-0.39, 0.29) is 18.9 Å². The minimum absolute atomic E-state index is 0.0185. The zero-order valence-electron chi connectivity index (χ0n) is 11.0. The van der Waals surface area contributed by atoms with Crippen LogP contribution in [0.2, 0.25) is 0 Å². The molecule has 6 heteroatoms. The molecule has 6 nitrogen and oxygen atoms in total. The highest BCUT2D eigenvalue weighted by molar-refractivity contribution is 5.21. The molecule has 0 radical (unpaired) electrons. The van der Waals surface area contributed by atoms with E-state index in [9.17, 15) is 5.11 Å². The van der Waals surface area contributed by atoms with Gasteiger partial charge in [-0.15, -0.1) is 0 Å². The van der Waals surface area contributed by atoms with Crippen molar-refractivity contribution in [1.29, 1.82) is 0 Å². The maximum Gasteiger partial charge on any atom is 0.183 e. The molecular formula is C14H17N3O3. The van der Waals surface area contributed by atoms with Gasteiger partial charge in [-0.3, -0.25) is 0 Å². The van der Waals surface area contributed by atoms with Gasteiger partial charge in [-0.1, -0.05) is 30.3 Å². The third-order valence-corrected chi connectivity index (χ3v) is 3.47. The van der Waals surface area contributed by atoms with Crippen molar-refractivity contribution in [1.82, 2.24) is 14.8 Å². The second-order valence-electron chi connectivity index (χ2n) is 4.87. The molecule has 3 rings (SSSR count). The molecule has 0 amide bonds. The van der Waals surface area contributed by atoms with Crippen molar-refractivity contribution in [2.75, 3.05) is 6.61 Å². The van der Waals surface area contributed by atoms with E-state index in [1.165, 1.54) is 0 Å². The first kappa shape index (κ1) is 13.2. The molecule has 0 spiro atoms. The lowest BCUT2D eigenvalue weighted by Gasteiger charge is -2.11. The number of aliphatic hydroxyl groups excluding tert-OH is 2. The first-order valence-corrected chi connectivity index (χ1v) is 6.68. The summed E-state index contributed by atoms with van der Waals surface area (Å²) in [5.74, 6) is 0.354. The number of benzene rings is 1. The van der Waals surface area contributed by atoms with Crippen LogP contribution in [0.1, 0.15) is 36.6 Å². The van der Waals surface area contributed by atoms with Crippen LogP contribution in [0.25, 0.3) is 0 Å². The summed E-state index contributed by atoms with van der Waals surface area (Å²) in [6, 6.07) is 9.28. The molecule has 2 N–H and O–H groups in total. The van der Waals surface area contributed by atoms with E-state index in [1.807, 2.05) is 30.3 Å². The van der Waals surface area contributed by atoms with Crippen LogP contribution >= 0.6 is 0 Å². The lowest BCUT2D eigenvalue weighted by molar-refractivity contribution is -0.0287. The smallest absolute Gasteiger partial charge is 0.183 e. The maximum absolute atomic E-state index is 10.2. The van der Waals surface area contributed by atoms with Gasteiger partial charge in [-0.2, -0.15) is 5.10 Å². The maximum atomic E-state index is 10.2. The van der Waals surface area contributed by atoms with Crippen LogP contribution in [0.5, 0.6) is 0 Å². The van der Waals surface area contributed by atoms with Crippen LogP contribution in [0, 0.1) is 0 Å². The number of nitrogens with zero attached hydrogens (tertiary/aromatic N) is 3. The van der Waals surface area contributed by atoms with Crippen LogP contribution < -0.4 is 0 Å². The van der Waals surface area contributed by atoms with Gasteiger partial charge in [0.15, 0.2) is 12.1 Å². The van der Waals surface area contributed by atoms with Crippen molar-refractivity contribution in [3.05, 3.63) is 48.0 Å². The fourth-order valence-corrected chi connectivity index (χ4v) is 2.35. The Bertz CT molecular complexity index is 558. The number of ether oxygens (including phenoxy) is 1. The minimum atomic E-state index is -0.840. The normalized spacial score (nSPS) is 23.9. The van der Waals surface area contributed by atoms with Crippen molar-refractivity contribution in [2.45, 2.75) is 31.3 Å². The molecule has 2 aromatic rings. The molecule has 106 valence electrons. The van der Waals surface area contributed by atoms with E-state index in [2.05, 4.69) is 10.1 Å². The van der Waals surface area contributed by atoms with Gasteiger partial charge in [0.2, 0.25) is 0 Å². The molecule has 20 heavy (non-hydrogen) atoms. The molecule has 3 unspecified atom stereocenters. The lowest BCUT2D eigenvalue weighted by Crippen LogP contribution is -2.15. The monoisotopic (exact) mass is 275 g/mol. The van der Waals surface area contributed by atoms with E-state index < -0.39 is 6.10 Å². The zero-order valence-corrected chi connectivity index (χ0v) is 11.0. The average molecular weight is 275 g/mol. The van der Waals surface area contributed by atoms with Crippen LogP contribution in [-0.4, -0.2) is 37.7 Å². The van der Waals surface area contributed by atoms with Crippen molar-refractivity contribution in [3.63, 3.8) is 0 Å². The standard InChI is InChI=1S/C14H17N3O3/c18-8-11-6-7-12(20-11)17-9-15-14(16-17)13(19)10-4-2-1-3-5-10/h1-5,9,11-13,18-19H,6-8H2. The summed E-state index contributed by atoms with van der Waals surface area (Å²) in [5, 5.41) is 23.6. The Labute approximate surface area is 116 Å². The summed E-state index contributed by atoms with van der Waals surface area (Å²) in [7, 11) is 0. The van der Waals surface area contributed by atoms with Crippen molar-refractivity contribution >= 4 is 0 Å². The van der Waals surface area contributed by atoms with Gasteiger partial charge in [0.05, 0.1) is 12.7 Å². The quantitative estimate of drug-likeness (QED) is 0.871. The largest absolute Gasteiger partial charge is 0.394 e. The Hall–Kier alpha value is -1.76. The number of rotatable bonds is 4. The fraction of sp³-hybridized carbons (Fsp3) is 0.429. The summed E-state index contributed by atoms with van der Waals surface area (Å²) in [6.07, 6.45) is 1.97.